The van der Waals surface area contributed by atoms with E-state index in [1.165, 1.54) is 0 Å². The highest BCUT2D eigenvalue weighted by Gasteiger charge is 2.11. The van der Waals surface area contributed by atoms with Crippen LogP contribution >= 0.6 is 0 Å². The fourth-order valence-corrected chi connectivity index (χ4v) is 2.84. The molecule has 9 nitrogen and oxygen atoms in total. The van der Waals surface area contributed by atoms with Gasteiger partial charge in [-0.25, -0.2) is 13.1 Å². The molecular formula is C16H19N5O4S. The van der Waals surface area contributed by atoms with Crippen LogP contribution in [0.3, 0.4) is 0 Å². The number of methoxy groups -OCH3 is 1. The van der Waals surface area contributed by atoms with E-state index in [-0.39, 0.29) is 18.9 Å². The van der Waals surface area contributed by atoms with Gasteiger partial charge in [0.05, 0.1) is 12.9 Å². The standard InChI is InChI=1S/C16H19N5O4S/c1-3-26(22,23)17-9-10-25-15-8-7-14-18-19-16(21(14)20-15)12-5-4-6-13(11-12)24-2/h4-8,11,17H,3,9-10H2,1-2H3. The van der Waals surface area contributed by atoms with Gasteiger partial charge >= 0.3 is 0 Å². The Balaban J connectivity index is 1.77. The first-order valence-electron chi connectivity index (χ1n) is 7.99. The summed E-state index contributed by atoms with van der Waals surface area (Å²) in [6.45, 7) is 1.90. The molecule has 0 saturated heterocycles. The van der Waals surface area contributed by atoms with Crippen LogP contribution in [0.1, 0.15) is 6.92 Å². The Labute approximate surface area is 151 Å². The van der Waals surface area contributed by atoms with Gasteiger partial charge in [-0.2, -0.15) is 4.52 Å². The van der Waals surface area contributed by atoms with Crippen LogP contribution in [0.2, 0.25) is 0 Å². The molecule has 26 heavy (non-hydrogen) atoms. The Kier molecular flexibility index (Phi) is 5.33. The normalized spacial score (nSPS) is 11.6. The van der Waals surface area contributed by atoms with Crippen LogP contribution in [0.25, 0.3) is 17.0 Å². The molecule has 0 aliphatic carbocycles. The van der Waals surface area contributed by atoms with Gasteiger partial charge in [0.2, 0.25) is 15.9 Å². The van der Waals surface area contributed by atoms with E-state index < -0.39 is 10.0 Å². The molecule has 2 heterocycles. The lowest BCUT2D eigenvalue weighted by molar-refractivity contribution is 0.306. The van der Waals surface area contributed by atoms with Crippen LogP contribution in [0.4, 0.5) is 0 Å². The maximum Gasteiger partial charge on any atom is 0.231 e. The van der Waals surface area contributed by atoms with Crippen molar-refractivity contribution in [3.63, 3.8) is 0 Å². The molecule has 0 unspecified atom stereocenters. The van der Waals surface area contributed by atoms with E-state index in [1.54, 1.807) is 30.7 Å². The molecule has 138 valence electrons. The second-order valence-electron chi connectivity index (χ2n) is 5.34. The summed E-state index contributed by atoms with van der Waals surface area (Å²) in [5.41, 5.74) is 1.37. The Morgan fingerprint density at radius 1 is 1.19 bits per heavy atom. The SMILES string of the molecule is CCS(=O)(=O)NCCOc1ccc2nnc(-c3cccc(OC)c3)n2n1. The Bertz CT molecular complexity index is 1000. The molecule has 1 N–H and O–H groups in total. The summed E-state index contributed by atoms with van der Waals surface area (Å²) >= 11 is 0. The third-order valence-electron chi connectivity index (χ3n) is 3.62. The average molecular weight is 377 g/mol. The van der Waals surface area contributed by atoms with E-state index in [0.717, 1.165) is 5.56 Å². The third kappa shape index (κ3) is 4.09. The molecule has 0 aliphatic heterocycles. The second-order valence-corrected chi connectivity index (χ2v) is 7.44. The van der Waals surface area contributed by atoms with E-state index in [0.29, 0.717) is 23.1 Å². The molecule has 1 aromatic carbocycles. The number of hydrogen-bond donors (Lipinski definition) is 1. The predicted octanol–water partition coefficient (Wildman–Crippen LogP) is 1.12. The first kappa shape index (κ1) is 18.1. The fourth-order valence-electron chi connectivity index (χ4n) is 2.25. The average Bonchev–Trinajstić information content (AvgIpc) is 3.08. The van der Waals surface area contributed by atoms with E-state index >= 15 is 0 Å². The van der Waals surface area contributed by atoms with Crippen molar-refractivity contribution in [1.82, 2.24) is 24.5 Å². The van der Waals surface area contributed by atoms with Crippen LogP contribution in [0.5, 0.6) is 11.6 Å². The number of sulfonamides is 1. The zero-order valence-corrected chi connectivity index (χ0v) is 15.2. The number of ether oxygens (including phenoxy) is 2. The summed E-state index contributed by atoms with van der Waals surface area (Å²) in [7, 11) is -1.64. The number of hydrogen-bond acceptors (Lipinski definition) is 7. The highest BCUT2D eigenvalue weighted by molar-refractivity contribution is 7.89. The molecule has 0 atom stereocenters. The Hall–Kier alpha value is -2.72. The zero-order chi connectivity index (χ0) is 18.6. The second kappa shape index (κ2) is 7.67. The molecule has 0 radical (unpaired) electrons. The van der Waals surface area contributed by atoms with Gasteiger partial charge in [0.25, 0.3) is 0 Å². The van der Waals surface area contributed by atoms with Crippen LogP contribution in [-0.2, 0) is 10.0 Å². The van der Waals surface area contributed by atoms with Gasteiger partial charge in [0, 0.05) is 18.2 Å². The zero-order valence-electron chi connectivity index (χ0n) is 14.4. The van der Waals surface area contributed by atoms with Crippen LogP contribution in [0.15, 0.2) is 36.4 Å². The molecule has 0 amide bonds. The monoisotopic (exact) mass is 377 g/mol. The molecule has 0 saturated carbocycles. The summed E-state index contributed by atoms with van der Waals surface area (Å²) in [5, 5.41) is 12.6. The van der Waals surface area contributed by atoms with Crippen molar-refractivity contribution in [2.24, 2.45) is 0 Å². The van der Waals surface area contributed by atoms with Gasteiger partial charge in [0.1, 0.15) is 12.4 Å². The van der Waals surface area contributed by atoms with Crippen molar-refractivity contribution in [3.05, 3.63) is 36.4 Å². The van der Waals surface area contributed by atoms with Crippen molar-refractivity contribution in [3.8, 4) is 23.0 Å². The molecule has 3 aromatic rings. The van der Waals surface area contributed by atoms with Crippen LogP contribution < -0.4 is 14.2 Å². The summed E-state index contributed by atoms with van der Waals surface area (Å²) < 4.78 is 37.5. The lowest BCUT2D eigenvalue weighted by Gasteiger charge is -2.07. The van der Waals surface area contributed by atoms with Crippen molar-refractivity contribution in [2.45, 2.75) is 6.92 Å². The summed E-state index contributed by atoms with van der Waals surface area (Å²) in [6.07, 6.45) is 0. The van der Waals surface area contributed by atoms with E-state index in [2.05, 4.69) is 20.0 Å². The van der Waals surface area contributed by atoms with Crippen molar-refractivity contribution in [1.29, 1.82) is 0 Å². The van der Waals surface area contributed by atoms with E-state index in [9.17, 15) is 8.42 Å². The van der Waals surface area contributed by atoms with Crippen molar-refractivity contribution >= 4 is 15.7 Å². The van der Waals surface area contributed by atoms with Crippen molar-refractivity contribution in [2.75, 3.05) is 26.0 Å². The predicted molar refractivity (Wildman–Crippen MR) is 95.7 cm³/mol. The lowest BCUT2D eigenvalue weighted by atomic mass is 10.2. The highest BCUT2D eigenvalue weighted by atomic mass is 32.2. The molecule has 2 aromatic heterocycles. The number of nitrogens with zero attached hydrogens (tertiary/aromatic N) is 4. The number of fused-ring (bicyclic) bond motifs is 1. The topological polar surface area (TPSA) is 108 Å². The Morgan fingerprint density at radius 2 is 2.04 bits per heavy atom. The number of nitrogens with one attached hydrogen (secondary N) is 1. The minimum atomic E-state index is -3.24. The maximum absolute atomic E-state index is 11.4. The quantitative estimate of drug-likeness (QED) is 0.586. The third-order valence-corrected chi connectivity index (χ3v) is 5.02. The lowest BCUT2D eigenvalue weighted by Crippen LogP contribution is -2.29. The summed E-state index contributed by atoms with van der Waals surface area (Å²) in [6, 6.07) is 10.8. The van der Waals surface area contributed by atoms with Gasteiger partial charge in [-0.15, -0.1) is 15.3 Å². The minimum Gasteiger partial charge on any atom is -0.497 e. The van der Waals surface area contributed by atoms with Gasteiger partial charge in [-0.1, -0.05) is 12.1 Å². The van der Waals surface area contributed by atoms with Gasteiger partial charge in [-0.3, -0.25) is 0 Å². The van der Waals surface area contributed by atoms with Gasteiger partial charge < -0.3 is 9.47 Å². The van der Waals surface area contributed by atoms with E-state index in [1.807, 2.05) is 24.3 Å². The molecule has 0 aliphatic rings. The van der Waals surface area contributed by atoms with Crippen molar-refractivity contribution < 1.29 is 17.9 Å². The van der Waals surface area contributed by atoms with Gasteiger partial charge in [0.15, 0.2) is 11.5 Å². The molecule has 10 heteroatoms. The largest absolute Gasteiger partial charge is 0.497 e. The highest BCUT2D eigenvalue weighted by Crippen LogP contribution is 2.23. The minimum absolute atomic E-state index is 0.0296. The molecule has 0 bridgehead atoms. The Morgan fingerprint density at radius 3 is 2.81 bits per heavy atom. The molecule has 0 fully saturated rings. The van der Waals surface area contributed by atoms with Gasteiger partial charge in [-0.05, 0) is 25.1 Å². The molecule has 0 spiro atoms. The van der Waals surface area contributed by atoms with Crippen LogP contribution in [0, 0.1) is 0 Å². The molecule has 3 rings (SSSR count). The molecular weight excluding hydrogens is 358 g/mol. The first-order valence-corrected chi connectivity index (χ1v) is 9.64. The smallest absolute Gasteiger partial charge is 0.231 e. The summed E-state index contributed by atoms with van der Waals surface area (Å²) in [5.74, 6) is 1.63. The first-order chi connectivity index (χ1) is 12.5. The van der Waals surface area contributed by atoms with E-state index in [4.69, 9.17) is 9.47 Å². The number of aromatic nitrogens is 4. The number of rotatable bonds is 8. The summed E-state index contributed by atoms with van der Waals surface area (Å²) in [4.78, 5) is 0. The number of benzene rings is 1. The fraction of sp³-hybridized carbons (Fsp3) is 0.312. The van der Waals surface area contributed by atoms with Crippen LogP contribution in [-0.4, -0.2) is 54.2 Å². The maximum atomic E-state index is 11.4.